The quantitative estimate of drug-likeness (QED) is 0.791. The summed E-state index contributed by atoms with van der Waals surface area (Å²) in [5.74, 6) is 0. The van der Waals surface area contributed by atoms with Crippen LogP contribution >= 0.6 is 0 Å². The number of hydrogen-bond acceptors (Lipinski definition) is 2. The number of aryl methyl sites for hydroxylation is 2. The van der Waals surface area contributed by atoms with Crippen molar-refractivity contribution < 1.29 is 4.39 Å². The van der Waals surface area contributed by atoms with Crippen LogP contribution in [-0.2, 0) is 13.0 Å². The lowest BCUT2D eigenvalue weighted by molar-refractivity contribution is 0.0670. The van der Waals surface area contributed by atoms with Crippen molar-refractivity contribution in [3.8, 4) is 0 Å². The molecule has 0 N–H and O–H groups in total. The van der Waals surface area contributed by atoms with Gasteiger partial charge in [0.05, 0.1) is 0 Å². The van der Waals surface area contributed by atoms with Gasteiger partial charge in [0.25, 0.3) is 5.56 Å². The van der Waals surface area contributed by atoms with Gasteiger partial charge in [0.15, 0.2) is 0 Å². The minimum atomic E-state index is -0.638. The van der Waals surface area contributed by atoms with Crippen molar-refractivity contribution in [3.63, 3.8) is 0 Å². The van der Waals surface area contributed by atoms with E-state index in [0.29, 0.717) is 19.6 Å². The average Bonchev–Trinajstić information content (AvgIpc) is 2.25. The normalized spacial score (nSPS) is 17.1. The number of alkyl halides is 1. The van der Waals surface area contributed by atoms with Gasteiger partial charge in [-0.25, -0.2) is 4.39 Å². The Hall–Kier alpha value is -1.16. The Bertz CT molecular complexity index is 449. The summed E-state index contributed by atoms with van der Waals surface area (Å²) in [6, 6.07) is 1.69. The fraction of sp³-hybridized carbons (Fsp3) is 0.615. The molecule has 0 aromatic carbocycles. The van der Waals surface area contributed by atoms with Gasteiger partial charge < -0.3 is 4.57 Å². The molecule has 94 valence electrons. The largest absolute Gasteiger partial charge is 0.316 e. The van der Waals surface area contributed by atoms with Gasteiger partial charge in [-0.1, -0.05) is 0 Å². The van der Waals surface area contributed by atoms with Crippen LogP contribution in [0.25, 0.3) is 0 Å². The van der Waals surface area contributed by atoms with Crippen LogP contribution in [0.15, 0.2) is 17.1 Å². The van der Waals surface area contributed by atoms with Crippen LogP contribution in [0.1, 0.15) is 18.1 Å². The van der Waals surface area contributed by atoms with E-state index in [2.05, 4.69) is 4.90 Å². The van der Waals surface area contributed by atoms with Crippen molar-refractivity contribution in [1.29, 1.82) is 0 Å². The average molecular weight is 238 g/mol. The standard InChI is InChI=1S/C13H19FN2O/c1-3-16-7-11(10(2)6-13(16)17)4-5-15-8-12(14)9-15/h6-7,12H,3-5,8-9H2,1-2H3. The zero-order valence-corrected chi connectivity index (χ0v) is 10.4. The highest BCUT2D eigenvalue weighted by Gasteiger charge is 2.25. The van der Waals surface area contributed by atoms with Gasteiger partial charge in [0.1, 0.15) is 6.17 Å². The van der Waals surface area contributed by atoms with E-state index in [0.717, 1.165) is 18.5 Å². The van der Waals surface area contributed by atoms with E-state index in [4.69, 9.17) is 0 Å². The predicted octanol–water partition coefficient (Wildman–Crippen LogP) is 1.37. The van der Waals surface area contributed by atoms with E-state index >= 15 is 0 Å². The maximum absolute atomic E-state index is 12.7. The number of pyridine rings is 1. The van der Waals surface area contributed by atoms with Crippen molar-refractivity contribution in [2.45, 2.75) is 33.0 Å². The maximum Gasteiger partial charge on any atom is 0.250 e. The van der Waals surface area contributed by atoms with Crippen molar-refractivity contribution in [2.75, 3.05) is 19.6 Å². The molecule has 1 aliphatic rings. The Balaban J connectivity index is 2.02. The second-order valence-corrected chi connectivity index (χ2v) is 4.71. The molecule has 2 heterocycles. The van der Waals surface area contributed by atoms with E-state index < -0.39 is 6.17 Å². The molecular weight excluding hydrogens is 219 g/mol. The Labute approximate surface area is 101 Å². The first-order chi connectivity index (χ1) is 8.10. The predicted molar refractivity (Wildman–Crippen MR) is 66.2 cm³/mol. The summed E-state index contributed by atoms with van der Waals surface area (Å²) in [5, 5.41) is 0. The van der Waals surface area contributed by atoms with Gasteiger partial charge in [-0.15, -0.1) is 0 Å². The minimum absolute atomic E-state index is 0.0570. The second-order valence-electron chi connectivity index (χ2n) is 4.71. The third kappa shape index (κ3) is 2.75. The highest BCUT2D eigenvalue weighted by atomic mass is 19.1. The molecule has 1 saturated heterocycles. The molecule has 2 rings (SSSR count). The number of nitrogens with zero attached hydrogens (tertiary/aromatic N) is 2. The highest BCUT2D eigenvalue weighted by molar-refractivity contribution is 5.22. The lowest BCUT2D eigenvalue weighted by Crippen LogP contribution is -2.49. The van der Waals surface area contributed by atoms with Crippen LogP contribution in [0.4, 0.5) is 4.39 Å². The molecule has 0 spiro atoms. The van der Waals surface area contributed by atoms with Gasteiger partial charge in [0.2, 0.25) is 0 Å². The summed E-state index contributed by atoms with van der Waals surface area (Å²) in [4.78, 5) is 13.7. The molecule has 0 atom stereocenters. The van der Waals surface area contributed by atoms with Crippen molar-refractivity contribution in [3.05, 3.63) is 33.7 Å². The first kappa shape index (κ1) is 12.3. The molecule has 0 radical (unpaired) electrons. The van der Waals surface area contributed by atoms with Crippen LogP contribution < -0.4 is 5.56 Å². The lowest BCUT2D eigenvalue weighted by Gasteiger charge is -2.34. The van der Waals surface area contributed by atoms with Crippen molar-refractivity contribution >= 4 is 0 Å². The number of aromatic nitrogens is 1. The van der Waals surface area contributed by atoms with Gasteiger partial charge >= 0.3 is 0 Å². The summed E-state index contributed by atoms with van der Waals surface area (Å²) in [5.41, 5.74) is 2.28. The second kappa shape index (κ2) is 5.00. The molecule has 1 aromatic rings. The first-order valence-electron chi connectivity index (χ1n) is 6.16. The van der Waals surface area contributed by atoms with Gasteiger partial charge in [-0.05, 0) is 31.4 Å². The summed E-state index contributed by atoms with van der Waals surface area (Å²) in [7, 11) is 0. The summed E-state index contributed by atoms with van der Waals surface area (Å²) >= 11 is 0. The Morgan fingerprint density at radius 2 is 2.18 bits per heavy atom. The smallest absolute Gasteiger partial charge is 0.250 e. The summed E-state index contributed by atoms with van der Waals surface area (Å²) in [6.07, 6.45) is 2.18. The van der Waals surface area contributed by atoms with Gasteiger partial charge in [0, 0.05) is 38.4 Å². The van der Waals surface area contributed by atoms with Crippen LogP contribution in [0.3, 0.4) is 0 Å². The SMILES string of the molecule is CCn1cc(CCN2CC(F)C2)c(C)cc1=O. The molecule has 4 heteroatoms. The zero-order chi connectivity index (χ0) is 12.4. The Morgan fingerprint density at radius 1 is 1.47 bits per heavy atom. The summed E-state index contributed by atoms with van der Waals surface area (Å²) < 4.78 is 14.4. The topological polar surface area (TPSA) is 25.2 Å². The highest BCUT2D eigenvalue weighted by Crippen LogP contribution is 2.13. The van der Waals surface area contributed by atoms with Crippen molar-refractivity contribution in [2.24, 2.45) is 0 Å². The third-order valence-corrected chi connectivity index (χ3v) is 3.39. The monoisotopic (exact) mass is 238 g/mol. The summed E-state index contributed by atoms with van der Waals surface area (Å²) in [6.45, 7) is 6.62. The number of hydrogen-bond donors (Lipinski definition) is 0. The molecular formula is C13H19FN2O. The van der Waals surface area contributed by atoms with E-state index in [1.807, 2.05) is 20.0 Å². The number of rotatable bonds is 4. The molecule has 0 amide bonds. The van der Waals surface area contributed by atoms with E-state index in [1.54, 1.807) is 10.6 Å². The van der Waals surface area contributed by atoms with Crippen LogP contribution in [-0.4, -0.2) is 35.3 Å². The molecule has 1 aliphatic heterocycles. The maximum atomic E-state index is 12.7. The minimum Gasteiger partial charge on any atom is -0.316 e. The molecule has 0 aliphatic carbocycles. The van der Waals surface area contributed by atoms with E-state index in [-0.39, 0.29) is 5.56 Å². The first-order valence-corrected chi connectivity index (χ1v) is 6.16. The van der Waals surface area contributed by atoms with Crippen molar-refractivity contribution in [1.82, 2.24) is 9.47 Å². The third-order valence-electron chi connectivity index (χ3n) is 3.39. The van der Waals surface area contributed by atoms with E-state index in [1.165, 1.54) is 5.56 Å². The fourth-order valence-corrected chi connectivity index (χ4v) is 2.19. The number of halogens is 1. The van der Waals surface area contributed by atoms with Gasteiger partial charge in [-0.2, -0.15) is 0 Å². The van der Waals surface area contributed by atoms with Crippen LogP contribution in [0.2, 0.25) is 0 Å². The van der Waals surface area contributed by atoms with Crippen LogP contribution in [0, 0.1) is 6.92 Å². The molecule has 0 unspecified atom stereocenters. The molecule has 3 nitrogen and oxygen atoms in total. The molecule has 1 fully saturated rings. The molecule has 1 aromatic heterocycles. The molecule has 0 saturated carbocycles. The Morgan fingerprint density at radius 3 is 2.76 bits per heavy atom. The lowest BCUT2D eigenvalue weighted by atomic mass is 10.1. The molecule has 0 bridgehead atoms. The fourth-order valence-electron chi connectivity index (χ4n) is 2.19. The van der Waals surface area contributed by atoms with Gasteiger partial charge in [-0.3, -0.25) is 9.69 Å². The van der Waals surface area contributed by atoms with E-state index in [9.17, 15) is 9.18 Å². The van der Waals surface area contributed by atoms with Crippen LogP contribution in [0.5, 0.6) is 0 Å². The number of likely N-dealkylation sites (tertiary alicyclic amines) is 1. The zero-order valence-electron chi connectivity index (χ0n) is 10.4. The Kier molecular flexibility index (Phi) is 3.62. The molecule has 17 heavy (non-hydrogen) atoms.